The Morgan fingerprint density at radius 2 is 1.69 bits per heavy atom. The predicted molar refractivity (Wildman–Crippen MR) is 143 cm³/mol. The van der Waals surface area contributed by atoms with Crippen LogP contribution < -0.4 is 10.1 Å². The Morgan fingerprint density at radius 3 is 2.36 bits per heavy atom. The third-order valence-corrected chi connectivity index (χ3v) is 6.62. The zero-order valence-corrected chi connectivity index (χ0v) is 21.4. The molecule has 0 aromatic heterocycles. The van der Waals surface area contributed by atoms with Gasteiger partial charge in [-0.25, -0.2) is 0 Å². The van der Waals surface area contributed by atoms with Gasteiger partial charge in [0.15, 0.2) is 6.10 Å². The second-order valence-corrected chi connectivity index (χ2v) is 9.83. The Kier molecular flexibility index (Phi) is 8.42. The molecule has 0 saturated heterocycles. The van der Waals surface area contributed by atoms with Crippen LogP contribution >= 0.6 is 0 Å². The number of fused-ring (bicyclic) bond motifs is 1. The molecular formula is C31H36N2O3. The van der Waals surface area contributed by atoms with Crippen molar-refractivity contribution in [3.63, 3.8) is 0 Å². The SMILES string of the molecule is CC[C@H](Oc1ccc2c(c1)[C@@H](c1ccccc1)N(C(=O)CC(C)C)CC2)C(=O)NCc1ccccc1. The summed E-state index contributed by atoms with van der Waals surface area (Å²) in [6, 6.07) is 25.9. The molecule has 2 amide bonds. The van der Waals surface area contributed by atoms with Gasteiger partial charge in [0.05, 0.1) is 6.04 Å². The van der Waals surface area contributed by atoms with Gasteiger partial charge in [0, 0.05) is 19.5 Å². The fourth-order valence-electron chi connectivity index (χ4n) is 4.78. The molecule has 3 aromatic rings. The van der Waals surface area contributed by atoms with Crippen LogP contribution in [0, 0.1) is 5.92 Å². The molecule has 5 nitrogen and oxygen atoms in total. The number of hydrogen-bond donors (Lipinski definition) is 1. The van der Waals surface area contributed by atoms with E-state index in [0.29, 0.717) is 37.6 Å². The first-order valence-electron chi connectivity index (χ1n) is 12.9. The number of amides is 2. The Morgan fingerprint density at radius 1 is 1.00 bits per heavy atom. The highest BCUT2D eigenvalue weighted by molar-refractivity contribution is 5.81. The van der Waals surface area contributed by atoms with Gasteiger partial charge in [-0.05, 0) is 53.1 Å². The van der Waals surface area contributed by atoms with Crippen LogP contribution in [0.4, 0.5) is 0 Å². The molecule has 0 radical (unpaired) electrons. The van der Waals surface area contributed by atoms with Crippen LogP contribution in [0.25, 0.3) is 0 Å². The second-order valence-electron chi connectivity index (χ2n) is 9.83. The average Bonchev–Trinajstić information content (AvgIpc) is 2.90. The highest BCUT2D eigenvalue weighted by Crippen LogP contribution is 2.38. The largest absolute Gasteiger partial charge is 0.481 e. The van der Waals surface area contributed by atoms with E-state index in [-0.39, 0.29) is 17.9 Å². The quantitative estimate of drug-likeness (QED) is 0.425. The number of nitrogens with zero attached hydrogens (tertiary/aromatic N) is 1. The molecule has 0 aliphatic carbocycles. The molecule has 1 heterocycles. The van der Waals surface area contributed by atoms with Crippen molar-refractivity contribution in [1.29, 1.82) is 0 Å². The molecule has 0 unspecified atom stereocenters. The molecule has 188 valence electrons. The molecule has 1 N–H and O–H groups in total. The minimum Gasteiger partial charge on any atom is -0.481 e. The van der Waals surface area contributed by atoms with E-state index in [2.05, 4.69) is 37.4 Å². The maximum atomic E-state index is 13.2. The average molecular weight is 485 g/mol. The van der Waals surface area contributed by atoms with E-state index in [0.717, 1.165) is 23.1 Å². The van der Waals surface area contributed by atoms with Gasteiger partial charge in [0.25, 0.3) is 5.91 Å². The number of hydrogen-bond acceptors (Lipinski definition) is 3. The van der Waals surface area contributed by atoms with E-state index in [1.54, 1.807) is 0 Å². The van der Waals surface area contributed by atoms with E-state index in [1.165, 1.54) is 5.56 Å². The van der Waals surface area contributed by atoms with Gasteiger partial charge in [-0.15, -0.1) is 0 Å². The lowest BCUT2D eigenvalue weighted by Crippen LogP contribution is -2.41. The van der Waals surface area contributed by atoms with Crippen molar-refractivity contribution in [2.75, 3.05) is 6.54 Å². The number of benzene rings is 3. The summed E-state index contributed by atoms with van der Waals surface area (Å²) in [5.41, 5.74) is 4.42. The lowest BCUT2D eigenvalue weighted by Gasteiger charge is -2.38. The molecule has 4 rings (SSSR count). The first kappa shape index (κ1) is 25.5. The van der Waals surface area contributed by atoms with E-state index in [4.69, 9.17) is 4.74 Å². The van der Waals surface area contributed by atoms with Gasteiger partial charge in [-0.2, -0.15) is 0 Å². The lowest BCUT2D eigenvalue weighted by atomic mass is 9.87. The number of rotatable bonds is 9. The molecule has 1 aliphatic heterocycles. The summed E-state index contributed by atoms with van der Waals surface area (Å²) in [6.07, 6.45) is 1.29. The van der Waals surface area contributed by atoms with Crippen molar-refractivity contribution in [1.82, 2.24) is 10.2 Å². The zero-order valence-electron chi connectivity index (χ0n) is 21.4. The molecular weight excluding hydrogens is 448 g/mol. The molecule has 2 atom stereocenters. The second kappa shape index (κ2) is 11.9. The van der Waals surface area contributed by atoms with Gasteiger partial charge in [0.2, 0.25) is 5.91 Å². The van der Waals surface area contributed by atoms with Gasteiger partial charge >= 0.3 is 0 Å². The lowest BCUT2D eigenvalue weighted by molar-refractivity contribution is -0.134. The number of carbonyl (C=O) groups is 2. The Labute approximate surface area is 214 Å². The van der Waals surface area contributed by atoms with Crippen molar-refractivity contribution in [2.45, 2.75) is 58.7 Å². The van der Waals surface area contributed by atoms with Crippen LogP contribution in [0.2, 0.25) is 0 Å². The van der Waals surface area contributed by atoms with Crippen LogP contribution in [0.3, 0.4) is 0 Å². The molecule has 0 bridgehead atoms. The van der Waals surface area contributed by atoms with E-state index < -0.39 is 6.10 Å². The maximum absolute atomic E-state index is 13.2. The first-order chi connectivity index (χ1) is 17.5. The van der Waals surface area contributed by atoms with E-state index in [9.17, 15) is 9.59 Å². The Hall–Kier alpha value is -3.60. The van der Waals surface area contributed by atoms with Gasteiger partial charge < -0.3 is 15.0 Å². The Balaban J connectivity index is 1.57. The van der Waals surface area contributed by atoms with Crippen LogP contribution in [-0.4, -0.2) is 29.4 Å². The Bertz CT molecular complexity index is 1160. The summed E-state index contributed by atoms with van der Waals surface area (Å²) in [5, 5.41) is 2.99. The van der Waals surface area contributed by atoms with Gasteiger partial charge in [-0.3, -0.25) is 9.59 Å². The van der Waals surface area contributed by atoms with Crippen molar-refractivity contribution < 1.29 is 14.3 Å². The van der Waals surface area contributed by atoms with Crippen LogP contribution in [0.1, 0.15) is 61.9 Å². The maximum Gasteiger partial charge on any atom is 0.261 e. The molecule has 5 heteroatoms. The normalized spacial score (nSPS) is 15.8. The highest BCUT2D eigenvalue weighted by atomic mass is 16.5. The number of carbonyl (C=O) groups excluding carboxylic acids is 2. The summed E-state index contributed by atoms with van der Waals surface area (Å²) in [7, 11) is 0. The van der Waals surface area contributed by atoms with E-state index >= 15 is 0 Å². The minimum atomic E-state index is -0.593. The summed E-state index contributed by atoms with van der Waals surface area (Å²) < 4.78 is 6.21. The third-order valence-electron chi connectivity index (χ3n) is 6.62. The summed E-state index contributed by atoms with van der Waals surface area (Å²) >= 11 is 0. The van der Waals surface area contributed by atoms with Crippen LogP contribution in [-0.2, 0) is 22.6 Å². The van der Waals surface area contributed by atoms with Crippen molar-refractivity contribution in [3.8, 4) is 5.75 Å². The molecule has 0 spiro atoms. The topological polar surface area (TPSA) is 58.6 Å². The minimum absolute atomic E-state index is 0.132. The number of nitrogens with one attached hydrogen (secondary N) is 1. The zero-order chi connectivity index (χ0) is 25.5. The monoisotopic (exact) mass is 484 g/mol. The number of ether oxygens (including phenoxy) is 1. The third kappa shape index (κ3) is 6.14. The van der Waals surface area contributed by atoms with Crippen LogP contribution in [0.5, 0.6) is 5.75 Å². The van der Waals surface area contributed by atoms with Crippen molar-refractivity contribution in [2.24, 2.45) is 5.92 Å². The molecule has 0 saturated carbocycles. The van der Waals surface area contributed by atoms with Crippen molar-refractivity contribution in [3.05, 3.63) is 101 Å². The fourth-order valence-corrected chi connectivity index (χ4v) is 4.78. The standard InChI is InChI=1S/C31H36N2O3/c1-4-28(31(35)32-21-23-11-7-5-8-12-23)36-26-16-15-24-17-18-33(29(34)19-22(2)3)30(27(24)20-26)25-13-9-6-10-14-25/h5-16,20,22,28,30H,4,17-19,21H2,1-3H3,(H,32,35)/t28-,30+/m0/s1. The summed E-state index contributed by atoms with van der Waals surface area (Å²) in [5.74, 6) is 0.981. The molecule has 1 aliphatic rings. The van der Waals surface area contributed by atoms with Crippen LogP contribution in [0.15, 0.2) is 78.9 Å². The smallest absolute Gasteiger partial charge is 0.261 e. The van der Waals surface area contributed by atoms with Gasteiger partial charge in [-0.1, -0.05) is 87.5 Å². The highest BCUT2D eigenvalue weighted by Gasteiger charge is 2.32. The predicted octanol–water partition coefficient (Wildman–Crippen LogP) is 5.68. The molecule has 3 aromatic carbocycles. The molecule has 0 fully saturated rings. The summed E-state index contributed by atoms with van der Waals surface area (Å²) in [4.78, 5) is 28.1. The fraction of sp³-hybridized carbons (Fsp3) is 0.355. The first-order valence-corrected chi connectivity index (χ1v) is 12.9. The summed E-state index contributed by atoms with van der Waals surface area (Å²) in [6.45, 7) is 7.26. The molecule has 36 heavy (non-hydrogen) atoms. The van der Waals surface area contributed by atoms with E-state index in [1.807, 2.05) is 72.5 Å². The van der Waals surface area contributed by atoms with Gasteiger partial charge in [0.1, 0.15) is 5.75 Å². The van der Waals surface area contributed by atoms with Crippen molar-refractivity contribution >= 4 is 11.8 Å².